The van der Waals surface area contributed by atoms with Gasteiger partial charge in [0.05, 0.1) is 7.11 Å². The van der Waals surface area contributed by atoms with E-state index in [1.54, 1.807) is 7.11 Å². The summed E-state index contributed by atoms with van der Waals surface area (Å²) in [6.45, 7) is 3.89. The maximum Gasteiger partial charge on any atom is 0.122 e. The molecular weight excluding hydrogens is 210 g/mol. The van der Waals surface area contributed by atoms with Crippen LogP contribution in [0.15, 0.2) is 18.2 Å². The molecule has 0 heterocycles. The van der Waals surface area contributed by atoms with Crippen LogP contribution in [0.2, 0.25) is 0 Å². The van der Waals surface area contributed by atoms with E-state index in [1.807, 2.05) is 6.07 Å². The van der Waals surface area contributed by atoms with E-state index >= 15 is 0 Å². The van der Waals surface area contributed by atoms with Gasteiger partial charge in [-0.3, -0.25) is 0 Å². The lowest BCUT2D eigenvalue weighted by atomic mass is 10.1. The third kappa shape index (κ3) is 4.10. The first-order chi connectivity index (χ1) is 7.27. The lowest BCUT2D eigenvalue weighted by Gasteiger charge is -2.09. The van der Waals surface area contributed by atoms with Crippen LogP contribution in [0.5, 0.6) is 5.75 Å². The van der Waals surface area contributed by atoms with Crippen molar-refractivity contribution in [3.05, 3.63) is 29.3 Å². The van der Waals surface area contributed by atoms with Gasteiger partial charge >= 0.3 is 0 Å². The lowest BCUT2D eigenvalue weighted by molar-refractivity contribution is 0.409. The van der Waals surface area contributed by atoms with Gasteiger partial charge in [0.15, 0.2) is 0 Å². The van der Waals surface area contributed by atoms with Gasteiger partial charge in [-0.05, 0) is 31.5 Å². The lowest BCUT2D eigenvalue weighted by Crippen LogP contribution is -2.19. The van der Waals surface area contributed by atoms with Crippen molar-refractivity contribution in [1.82, 2.24) is 5.32 Å². The zero-order chi connectivity index (χ0) is 11.1. The maximum absolute atomic E-state index is 5.58. The van der Waals surface area contributed by atoms with E-state index in [1.165, 1.54) is 11.1 Å². The Hall–Kier alpha value is -0.730. The number of methoxy groups -OCH3 is 1. The van der Waals surface area contributed by atoms with Gasteiger partial charge in [-0.1, -0.05) is 17.7 Å². The van der Waals surface area contributed by atoms with E-state index in [4.69, 9.17) is 16.3 Å². The molecule has 1 rings (SSSR count). The van der Waals surface area contributed by atoms with Gasteiger partial charge in [-0.15, -0.1) is 11.6 Å². The SMILES string of the molecule is COc1ccc(C)cc1CCNCCCl. The molecule has 0 unspecified atom stereocenters. The third-order valence-corrected chi connectivity index (χ3v) is 2.47. The summed E-state index contributed by atoms with van der Waals surface area (Å²) in [7, 11) is 1.71. The van der Waals surface area contributed by atoms with Crippen molar-refractivity contribution in [2.75, 3.05) is 26.1 Å². The van der Waals surface area contributed by atoms with Gasteiger partial charge < -0.3 is 10.1 Å². The highest BCUT2D eigenvalue weighted by Gasteiger charge is 2.02. The average Bonchev–Trinajstić information content (AvgIpc) is 2.25. The molecule has 0 bridgehead atoms. The zero-order valence-electron chi connectivity index (χ0n) is 9.35. The molecule has 84 valence electrons. The van der Waals surface area contributed by atoms with Gasteiger partial charge in [-0.25, -0.2) is 0 Å². The van der Waals surface area contributed by atoms with Crippen molar-refractivity contribution in [2.45, 2.75) is 13.3 Å². The molecule has 3 heteroatoms. The number of hydrogen-bond donors (Lipinski definition) is 1. The van der Waals surface area contributed by atoms with Gasteiger partial charge in [0.1, 0.15) is 5.75 Å². The number of rotatable bonds is 6. The average molecular weight is 228 g/mol. The van der Waals surface area contributed by atoms with Crippen molar-refractivity contribution >= 4 is 11.6 Å². The number of nitrogens with one attached hydrogen (secondary N) is 1. The summed E-state index contributed by atoms with van der Waals surface area (Å²) >= 11 is 5.58. The Morgan fingerprint density at radius 1 is 1.33 bits per heavy atom. The smallest absolute Gasteiger partial charge is 0.122 e. The molecule has 0 aromatic heterocycles. The van der Waals surface area contributed by atoms with Crippen molar-refractivity contribution < 1.29 is 4.74 Å². The predicted octanol–water partition coefficient (Wildman–Crippen LogP) is 2.37. The van der Waals surface area contributed by atoms with Crippen LogP contribution < -0.4 is 10.1 Å². The second kappa shape index (κ2) is 6.70. The zero-order valence-corrected chi connectivity index (χ0v) is 10.1. The number of halogens is 1. The van der Waals surface area contributed by atoms with Gasteiger partial charge in [0.2, 0.25) is 0 Å². The van der Waals surface area contributed by atoms with Gasteiger partial charge in [-0.2, -0.15) is 0 Å². The highest BCUT2D eigenvalue weighted by Crippen LogP contribution is 2.19. The van der Waals surface area contributed by atoms with Gasteiger partial charge in [0, 0.05) is 12.4 Å². The summed E-state index contributed by atoms with van der Waals surface area (Å²) in [6, 6.07) is 6.25. The second-order valence-electron chi connectivity index (χ2n) is 3.50. The monoisotopic (exact) mass is 227 g/mol. The van der Waals surface area contributed by atoms with Crippen LogP contribution in [0.4, 0.5) is 0 Å². The Morgan fingerprint density at radius 3 is 2.80 bits per heavy atom. The van der Waals surface area contributed by atoms with Crippen molar-refractivity contribution in [3.63, 3.8) is 0 Å². The molecule has 0 amide bonds. The Morgan fingerprint density at radius 2 is 2.13 bits per heavy atom. The molecule has 1 aromatic carbocycles. The Bertz CT molecular complexity index is 302. The summed E-state index contributed by atoms with van der Waals surface area (Å²) in [5, 5.41) is 3.27. The van der Waals surface area contributed by atoms with E-state index in [2.05, 4.69) is 24.4 Å². The molecule has 0 radical (unpaired) electrons. The molecule has 0 spiro atoms. The molecule has 1 N–H and O–H groups in total. The fourth-order valence-corrected chi connectivity index (χ4v) is 1.65. The molecule has 15 heavy (non-hydrogen) atoms. The van der Waals surface area contributed by atoms with Crippen LogP contribution in [0, 0.1) is 6.92 Å². The van der Waals surface area contributed by atoms with Crippen LogP contribution in [0.3, 0.4) is 0 Å². The fraction of sp³-hybridized carbons (Fsp3) is 0.500. The molecule has 0 atom stereocenters. The summed E-state index contributed by atoms with van der Waals surface area (Å²) in [6.07, 6.45) is 0.974. The summed E-state index contributed by atoms with van der Waals surface area (Å²) in [4.78, 5) is 0. The van der Waals surface area contributed by atoms with Crippen LogP contribution in [-0.4, -0.2) is 26.1 Å². The van der Waals surface area contributed by atoms with E-state index in [0.29, 0.717) is 5.88 Å². The topological polar surface area (TPSA) is 21.3 Å². The fourth-order valence-electron chi connectivity index (χ4n) is 1.52. The number of aryl methyl sites for hydroxylation is 1. The summed E-state index contributed by atoms with van der Waals surface area (Å²) in [5.41, 5.74) is 2.52. The van der Waals surface area contributed by atoms with Crippen LogP contribution >= 0.6 is 11.6 Å². The molecule has 1 aromatic rings. The number of ether oxygens (including phenoxy) is 1. The van der Waals surface area contributed by atoms with Crippen molar-refractivity contribution in [3.8, 4) is 5.75 Å². The molecule has 0 aliphatic heterocycles. The Balaban J connectivity index is 2.54. The van der Waals surface area contributed by atoms with E-state index < -0.39 is 0 Å². The minimum atomic E-state index is 0.658. The van der Waals surface area contributed by atoms with Gasteiger partial charge in [0.25, 0.3) is 0 Å². The minimum Gasteiger partial charge on any atom is -0.496 e. The van der Waals surface area contributed by atoms with Crippen LogP contribution in [0.25, 0.3) is 0 Å². The number of benzene rings is 1. The van der Waals surface area contributed by atoms with E-state index in [-0.39, 0.29) is 0 Å². The quantitative estimate of drug-likeness (QED) is 0.595. The predicted molar refractivity (Wildman–Crippen MR) is 65.0 cm³/mol. The highest BCUT2D eigenvalue weighted by atomic mass is 35.5. The largest absolute Gasteiger partial charge is 0.496 e. The Kier molecular flexibility index (Phi) is 5.51. The third-order valence-electron chi connectivity index (χ3n) is 2.28. The first-order valence-corrected chi connectivity index (χ1v) is 5.71. The molecule has 0 aliphatic rings. The number of alkyl halides is 1. The maximum atomic E-state index is 5.58. The Labute approximate surface area is 96.6 Å². The molecule has 0 saturated heterocycles. The molecule has 2 nitrogen and oxygen atoms in total. The number of hydrogen-bond acceptors (Lipinski definition) is 2. The highest BCUT2D eigenvalue weighted by molar-refractivity contribution is 6.18. The summed E-state index contributed by atoms with van der Waals surface area (Å²) in [5.74, 6) is 1.62. The van der Waals surface area contributed by atoms with Crippen LogP contribution in [-0.2, 0) is 6.42 Å². The first-order valence-electron chi connectivity index (χ1n) is 5.18. The summed E-state index contributed by atoms with van der Waals surface area (Å²) < 4.78 is 5.30. The van der Waals surface area contributed by atoms with E-state index in [0.717, 1.165) is 25.3 Å². The molecular formula is C12H18ClNO. The van der Waals surface area contributed by atoms with Crippen molar-refractivity contribution in [1.29, 1.82) is 0 Å². The first kappa shape index (κ1) is 12.3. The minimum absolute atomic E-state index is 0.658. The standard InChI is InChI=1S/C12H18ClNO/c1-10-3-4-12(15-2)11(9-10)5-7-14-8-6-13/h3-4,9,14H,5-8H2,1-2H3. The molecule has 0 fully saturated rings. The second-order valence-corrected chi connectivity index (χ2v) is 3.88. The van der Waals surface area contributed by atoms with Crippen LogP contribution in [0.1, 0.15) is 11.1 Å². The molecule has 0 saturated carbocycles. The van der Waals surface area contributed by atoms with E-state index in [9.17, 15) is 0 Å². The normalized spacial score (nSPS) is 10.3. The molecule has 0 aliphatic carbocycles. The van der Waals surface area contributed by atoms with Crippen molar-refractivity contribution in [2.24, 2.45) is 0 Å².